The van der Waals surface area contributed by atoms with E-state index in [-0.39, 0.29) is 29.6 Å². The van der Waals surface area contributed by atoms with Gasteiger partial charge in [0, 0.05) is 6.54 Å². The summed E-state index contributed by atoms with van der Waals surface area (Å²) >= 11 is 0. The van der Waals surface area contributed by atoms with Crippen LogP contribution < -0.4 is 4.72 Å². The van der Waals surface area contributed by atoms with Crippen molar-refractivity contribution in [2.24, 2.45) is 0 Å². The molecule has 0 unspecified atom stereocenters. The molecular formula is C4H10NNaO2S. The topological polar surface area (TPSA) is 46.2 Å². The molecule has 9 heavy (non-hydrogen) atoms. The zero-order chi connectivity index (χ0) is 6.62. The maximum atomic E-state index is 10.2. The first-order valence-corrected chi connectivity index (χ1v) is 4.01. The van der Waals surface area contributed by atoms with Gasteiger partial charge in [0.05, 0.1) is 6.26 Å². The average Bonchev–Trinajstić information content (AvgIpc) is 1.59. The van der Waals surface area contributed by atoms with Crippen LogP contribution in [0.1, 0.15) is 0 Å². The van der Waals surface area contributed by atoms with Crippen molar-refractivity contribution >= 4 is 39.6 Å². The van der Waals surface area contributed by atoms with Crippen molar-refractivity contribution in [2.45, 2.75) is 0 Å². The second kappa shape index (κ2) is 5.44. The molecule has 0 bridgehead atoms. The molecule has 0 aliphatic rings. The molecule has 0 radical (unpaired) electrons. The number of rotatable bonds is 3. The zero-order valence-electron chi connectivity index (χ0n) is 4.72. The van der Waals surface area contributed by atoms with Gasteiger partial charge in [-0.3, -0.25) is 0 Å². The van der Waals surface area contributed by atoms with Crippen molar-refractivity contribution < 1.29 is 8.42 Å². The Hall–Kier alpha value is 0.650. The molecule has 0 amide bonds. The maximum absolute atomic E-state index is 10.2. The van der Waals surface area contributed by atoms with Gasteiger partial charge in [-0.15, -0.1) is 6.58 Å². The second-order valence-corrected chi connectivity index (χ2v) is 3.24. The predicted octanol–water partition coefficient (Wildman–Crippen LogP) is -0.927. The molecule has 50 valence electrons. The van der Waals surface area contributed by atoms with E-state index in [2.05, 4.69) is 11.3 Å². The Labute approximate surface area is 77.9 Å². The second-order valence-electron chi connectivity index (χ2n) is 1.41. The van der Waals surface area contributed by atoms with Crippen LogP contribution >= 0.6 is 0 Å². The van der Waals surface area contributed by atoms with Crippen LogP contribution in [-0.2, 0) is 10.0 Å². The summed E-state index contributed by atoms with van der Waals surface area (Å²) in [4.78, 5) is 0. The van der Waals surface area contributed by atoms with Crippen molar-refractivity contribution in [3.63, 3.8) is 0 Å². The Morgan fingerprint density at radius 1 is 1.67 bits per heavy atom. The van der Waals surface area contributed by atoms with E-state index in [0.29, 0.717) is 6.54 Å². The summed E-state index contributed by atoms with van der Waals surface area (Å²) in [6, 6.07) is 0. The van der Waals surface area contributed by atoms with E-state index in [1.807, 2.05) is 0 Å². The van der Waals surface area contributed by atoms with Gasteiger partial charge in [0.25, 0.3) is 0 Å². The Morgan fingerprint density at radius 2 is 2.11 bits per heavy atom. The third-order valence-electron chi connectivity index (χ3n) is 0.490. The third kappa shape index (κ3) is 12.0. The van der Waals surface area contributed by atoms with E-state index in [1.165, 1.54) is 6.08 Å². The predicted molar refractivity (Wildman–Crippen MR) is 40.2 cm³/mol. The molecule has 0 aliphatic heterocycles. The standard InChI is InChI=1S/C4H9NO2S.Na.H/c1-3-4-5-8(2,6)7;;/h3,5H,1,4H2,2H3;;. The molecule has 0 spiro atoms. The van der Waals surface area contributed by atoms with E-state index >= 15 is 0 Å². The molecule has 0 aromatic carbocycles. The minimum atomic E-state index is -3.01. The van der Waals surface area contributed by atoms with E-state index in [0.717, 1.165) is 6.26 Å². The van der Waals surface area contributed by atoms with Gasteiger partial charge >= 0.3 is 29.6 Å². The monoisotopic (exact) mass is 159 g/mol. The first-order chi connectivity index (χ1) is 3.56. The Bertz CT molecular complexity index is 163. The number of hydrogen-bond donors (Lipinski definition) is 1. The van der Waals surface area contributed by atoms with E-state index in [9.17, 15) is 8.42 Å². The first-order valence-electron chi connectivity index (χ1n) is 2.12. The fourth-order valence-corrected chi connectivity index (χ4v) is 0.631. The fraction of sp³-hybridized carbons (Fsp3) is 0.500. The van der Waals surface area contributed by atoms with Crippen LogP contribution in [0.4, 0.5) is 0 Å². The molecule has 0 rings (SSSR count). The number of sulfonamides is 1. The fourth-order valence-electron chi connectivity index (χ4n) is 0.210. The molecule has 0 atom stereocenters. The summed E-state index contributed by atoms with van der Waals surface area (Å²) in [7, 11) is -3.01. The normalized spacial score (nSPS) is 9.89. The summed E-state index contributed by atoms with van der Waals surface area (Å²) in [5.41, 5.74) is 0. The number of hydrogen-bond acceptors (Lipinski definition) is 2. The van der Waals surface area contributed by atoms with Gasteiger partial charge in [-0.1, -0.05) is 6.08 Å². The van der Waals surface area contributed by atoms with Crippen LogP contribution in [0.25, 0.3) is 0 Å². The molecule has 0 aromatic rings. The van der Waals surface area contributed by atoms with Crippen LogP contribution in [0.3, 0.4) is 0 Å². The molecule has 0 saturated carbocycles. The Kier molecular flexibility index (Phi) is 7.45. The van der Waals surface area contributed by atoms with Crippen LogP contribution in [0.2, 0.25) is 0 Å². The third-order valence-corrected chi connectivity index (χ3v) is 1.18. The molecule has 0 fully saturated rings. The van der Waals surface area contributed by atoms with Crippen LogP contribution in [-0.4, -0.2) is 50.8 Å². The summed E-state index contributed by atoms with van der Waals surface area (Å²) in [5, 5.41) is 0. The SMILES string of the molecule is C=CCNS(C)(=O)=O.[NaH]. The van der Waals surface area contributed by atoms with Crippen LogP contribution in [0.5, 0.6) is 0 Å². The van der Waals surface area contributed by atoms with Crippen molar-refractivity contribution in [3.05, 3.63) is 12.7 Å². The summed E-state index contributed by atoms with van der Waals surface area (Å²) in [6.07, 6.45) is 2.59. The van der Waals surface area contributed by atoms with E-state index in [1.54, 1.807) is 0 Å². The van der Waals surface area contributed by atoms with E-state index < -0.39 is 10.0 Å². The molecule has 0 heterocycles. The average molecular weight is 159 g/mol. The zero-order valence-corrected chi connectivity index (χ0v) is 5.53. The first kappa shape index (κ1) is 12.3. The molecule has 0 saturated heterocycles. The van der Waals surface area contributed by atoms with Crippen molar-refractivity contribution in [1.29, 1.82) is 0 Å². The van der Waals surface area contributed by atoms with Gasteiger partial charge in [-0.05, 0) is 0 Å². The van der Waals surface area contributed by atoms with Gasteiger partial charge in [-0.25, -0.2) is 13.1 Å². The summed E-state index contributed by atoms with van der Waals surface area (Å²) in [6.45, 7) is 3.64. The van der Waals surface area contributed by atoms with Crippen LogP contribution in [0.15, 0.2) is 12.7 Å². The van der Waals surface area contributed by atoms with Gasteiger partial charge in [0.15, 0.2) is 0 Å². The molecule has 3 nitrogen and oxygen atoms in total. The van der Waals surface area contributed by atoms with Gasteiger partial charge in [0.1, 0.15) is 0 Å². The Morgan fingerprint density at radius 3 is 2.22 bits per heavy atom. The van der Waals surface area contributed by atoms with Gasteiger partial charge in [0.2, 0.25) is 10.0 Å². The van der Waals surface area contributed by atoms with Gasteiger partial charge in [-0.2, -0.15) is 0 Å². The molecule has 0 aromatic heterocycles. The minimum absolute atomic E-state index is 0. The van der Waals surface area contributed by atoms with Crippen LogP contribution in [0, 0.1) is 0 Å². The van der Waals surface area contributed by atoms with Crippen molar-refractivity contribution in [2.75, 3.05) is 12.8 Å². The Balaban J connectivity index is 0. The molecular weight excluding hydrogens is 149 g/mol. The quantitative estimate of drug-likeness (QED) is 0.427. The van der Waals surface area contributed by atoms with Crippen molar-refractivity contribution in [3.8, 4) is 0 Å². The molecule has 5 heteroatoms. The molecule has 1 N–H and O–H groups in total. The summed E-state index contributed by atoms with van der Waals surface area (Å²) < 4.78 is 22.7. The summed E-state index contributed by atoms with van der Waals surface area (Å²) in [5.74, 6) is 0. The number of nitrogens with one attached hydrogen (secondary N) is 1. The van der Waals surface area contributed by atoms with Crippen molar-refractivity contribution in [1.82, 2.24) is 4.72 Å². The molecule has 0 aliphatic carbocycles. The van der Waals surface area contributed by atoms with Gasteiger partial charge < -0.3 is 0 Å². The van der Waals surface area contributed by atoms with E-state index in [4.69, 9.17) is 0 Å².